The molecule has 2 saturated heterocycles. The van der Waals surface area contributed by atoms with E-state index >= 15 is 8.78 Å². The molecular formula is C28H32F3N5O5S. The molecule has 0 saturated carbocycles. The Morgan fingerprint density at radius 3 is 2.76 bits per heavy atom. The highest BCUT2D eigenvalue weighted by atomic mass is 32.1. The fraction of sp³-hybridized carbons (Fsp3) is 0.500. The van der Waals surface area contributed by atoms with E-state index in [2.05, 4.69) is 10.3 Å². The van der Waals surface area contributed by atoms with Gasteiger partial charge in [-0.25, -0.2) is 22.9 Å². The predicted octanol–water partition coefficient (Wildman–Crippen LogP) is 3.55. The van der Waals surface area contributed by atoms with Crippen LogP contribution in [0.25, 0.3) is 0 Å². The van der Waals surface area contributed by atoms with Gasteiger partial charge in [0, 0.05) is 30.4 Å². The number of hydrogen-bond donors (Lipinski definition) is 2. The molecule has 2 fully saturated rings. The lowest BCUT2D eigenvalue weighted by atomic mass is 9.92. The number of carbonyl (C=O) groups excluding carboxylic acids is 1. The van der Waals surface area contributed by atoms with E-state index in [0.29, 0.717) is 22.0 Å². The number of rotatable bonds is 9. The van der Waals surface area contributed by atoms with E-state index in [4.69, 9.17) is 14.6 Å². The van der Waals surface area contributed by atoms with Crippen molar-refractivity contribution >= 4 is 29.1 Å². The molecule has 10 nitrogen and oxygen atoms in total. The Labute approximate surface area is 244 Å². The minimum Gasteiger partial charge on any atom is -0.481 e. The molecule has 3 aliphatic heterocycles. The maximum absolute atomic E-state index is 15.5. The number of thiazole rings is 1. The molecule has 3 aliphatic rings. The van der Waals surface area contributed by atoms with Gasteiger partial charge in [0.15, 0.2) is 10.8 Å². The van der Waals surface area contributed by atoms with Gasteiger partial charge in [0.05, 0.1) is 36.8 Å². The fourth-order valence-electron chi connectivity index (χ4n) is 5.56. The van der Waals surface area contributed by atoms with Crippen LogP contribution in [-0.4, -0.2) is 88.7 Å². The topological polar surface area (TPSA) is 117 Å². The minimum absolute atomic E-state index is 0.0577. The number of alkyl halides is 2. The molecule has 0 radical (unpaired) electrons. The average molecular weight is 608 g/mol. The van der Waals surface area contributed by atoms with E-state index in [1.54, 1.807) is 31.5 Å². The quantitative estimate of drug-likeness (QED) is 0.413. The summed E-state index contributed by atoms with van der Waals surface area (Å²) in [6.07, 6.45) is 1.59. The van der Waals surface area contributed by atoms with Gasteiger partial charge in [-0.2, -0.15) is 5.06 Å². The van der Waals surface area contributed by atoms with E-state index in [0.717, 1.165) is 5.06 Å². The van der Waals surface area contributed by atoms with Gasteiger partial charge in [0.25, 0.3) is 5.92 Å². The Balaban J connectivity index is 1.55. The number of carboxylic acid groups (broad SMARTS) is 1. The van der Waals surface area contributed by atoms with Gasteiger partial charge in [-0.05, 0) is 44.9 Å². The molecule has 0 bridgehead atoms. The summed E-state index contributed by atoms with van der Waals surface area (Å²) >= 11 is 1.30. The summed E-state index contributed by atoms with van der Waals surface area (Å²) in [5.41, 5.74) is -0.232. The lowest BCUT2D eigenvalue weighted by Crippen LogP contribution is -2.49. The van der Waals surface area contributed by atoms with Crippen LogP contribution in [0.4, 0.5) is 13.2 Å². The number of esters is 1. The number of hydrogen-bond acceptors (Lipinski definition) is 10. The third-order valence-electron chi connectivity index (χ3n) is 7.75. The zero-order chi connectivity index (χ0) is 30.4. The van der Waals surface area contributed by atoms with Crippen molar-refractivity contribution in [3.05, 3.63) is 63.0 Å². The molecule has 42 heavy (non-hydrogen) atoms. The first kappa shape index (κ1) is 30.1. The van der Waals surface area contributed by atoms with Crippen molar-refractivity contribution in [1.82, 2.24) is 20.3 Å². The number of likely N-dealkylation sites (tertiary alicyclic amines) is 1. The Kier molecular flexibility index (Phi) is 8.18. The van der Waals surface area contributed by atoms with Gasteiger partial charge in [-0.1, -0.05) is 12.1 Å². The second kappa shape index (κ2) is 11.4. The number of fused-ring (bicyclic) bond motifs is 1. The Morgan fingerprint density at radius 2 is 2.10 bits per heavy atom. The van der Waals surface area contributed by atoms with Crippen LogP contribution in [0.1, 0.15) is 42.9 Å². The van der Waals surface area contributed by atoms with Gasteiger partial charge < -0.3 is 15.2 Å². The van der Waals surface area contributed by atoms with Crippen molar-refractivity contribution in [1.29, 1.82) is 0 Å². The largest absolute Gasteiger partial charge is 0.481 e. The van der Waals surface area contributed by atoms with Crippen molar-refractivity contribution < 1.29 is 37.4 Å². The maximum Gasteiger partial charge on any atom is 0.338 e. The number of nitrogens with zero attached hydrogens (tertiary/aromatic N) is 4. The standard InChI is InChI=1S/C28H32F3N5O5S/c1-5-40-25(37)20-18(11-35-14-28(30,31)22-19(35)12-41-36(22)13-27(3,4)26(38)39)33-23(24-32-9-10-42-24)34-21(20)16-7-6-8-17(29)15(16)2/h6-10,19,21-22H,5,11-14H2,1-4H3,(H,33,34)(H,38,39)/t19-,21+,22+/m1/s1. The molecule has 1 aromatic heterocycles. The SMILES string of the molecule is CCOC(=O)C1=C(CN2CC(F)(F)[C@@H]3[C@H]2CON3CC(C)(C)C(=O)O)NC(c2nccs2)=N[C@H]1c1cccc(F)c1C. The molecule has 0 aliphatic carbocycles. The van der Waals surface area contributed by atoms with Gasteiger partial charge in [-0.15, -0.1) is 11.3 Å². The van der Waals surface area contributed by atoms with Crippen molar-refractivity contribution in [3.63, 3.8) is 0 Å². The minimum atomic E-state index is -3.24. The highest BCUT2D eigenvalue weighted by Crippen LogP contribution is 2.43. The third kappa shape index (κ3) is 5.55. The second-order valence-corrected chi connectivity index (χ2v) is 12.0. The number of carboxylic acids is 1. The van der Waals surface area contributed by atoms with Crippen LogP contribution in [0.3, 0.4) is 0 Å². The first-order valence-corrected chi connectivity index (χ1v) is 14.4. The lowest BCUT2D eigenvalue weighted by molar-refractivity contribution is -0.199. The molecule has 2 aromatic rings. The van der Waals surface area contributed by atoms with Crippen molar-refractivity contribution in [2.75, 3.05) is 32.8 Å². The molecule has 3 atom stereocenters. The van der Waals surface area contributed by atoms with Gasteiger partial charge >= 0.3 is 11.9 Å². The number of ether oxygens (including phenoxy) is 1. The number of aromatic nitrogens is 1. The summed E-state index contributed by atoms with van der Waals surface area (Å²) in [4.78, 5) is 41.3. The Hall–Kier alpha value is -3.33. The maximum atomic E-state index is 15.5. The molecule has 5 rings (SSSR count). The molecule has 4 heterocycles. The zero-order valence-corrected chi connectivity index (χ0v) is 24.4. The van der Waals surface area contributed by atoms with Gasteiger partial charge in [0.2, 0.25) is 0 Å². The molecule has 0 spiro atoms. The molecule has 226 valence electrons. The monoisotopic (exact) mass is 607 g/mol. The normalized spacial score (nSPS) is 24.4. The Morgan fingerprint density at radius 1 is 1.33 bits per heavy atom. The summed E-state index contributed by atoms with van der Waals surface area (Å²) < 4.78 is 51.1. The van der Waals surface area contributed by atoms with Crippen LogP contribution >= 0.6 is 11.3 Å². The van der Waals surface area contributed by atoms with Crippen molar-refractivity contribution in [3.8, 4) is 0 Å². The van der Waals surface area contributed by atoms with E-state index in [1.807, 2.05) is 0 Å². The first-order chi connectivity index (χ1) is 19.8. The summed E-state index contributed by atoms with van der Waals surface area (Å²) in [5.74, 6) is -5.23. The molecule has 0 amide bonds. The number of benzene rings is 1. The molecular weight excluding hydrogens is 575 g/mol. The number of halogens is 3. The van der Waals surface area contributed by atoms with Crippen LogP contribution in [0.5, 0.6) is 0 Å². The van der Waals surface area contributed by atoms with E-state index in [1.165, 1.54) is 42.2 Å². The van der Waals surface area contributed by atoms with Crippen LogP contribution in [-0.2, 0) is 19.2 Å². The third-order valence-corrected chi connectivity index (χ3v) is 8.53. The number of hydroxylamine groups is 2. The average Bonchev–Trinajstić information content (AvgIpc) is 3.65. The highest BCUT2D eigenvalue weighted by molar-refractivity contribution is 7.11. The fourth-order valence-corrected chi connectivity index (χ4v) is 6.14. The smallest absolute Gasteiger partial charge is 0.338 e. The van der Waals surface area contributed by atoms with Crippen molar-refractivity contribution in [2.24, 2.45) is 10.4 Å². The van der Waals surface area contributed by atoms with E-state index in [-0.39, 0.29) is 37.6 Å². The molecule has 0 unspecified atom stereocenters. The number of amidine groups is 1. The molecule has 14 heteroatoms. The number of aliphatic carboxylic acids is 1. The van der Waals surface area contributed by atoms with Gasteiger partial charge in [-0.3, -0.25) is 19.5 Å². The van der Waals surface area contributed by atoms with Crippen LogP contribution < -0.4 is 5.32 Å². The Bertz CT molecular complexity index is 1430. The number of nitrogens with one attached hydrogen (secondary N) is 1. The first-order valence-electron chi connectivity index (χ1n) is 13.5. The van der Waals surface area contributed by atoms with Crippen molar-refractivity contribution in [2.45, 2.75) is 51.7 Å². The van der Waals surface area contributed by atoms with Crippen LogP contribution in [0, 0.1) is 18.2 Å². The highest BCUT2D eigenvalue weighted by Gasteiger charge is 2.61. The number of aliphatic imine (C=N–C) groups is 1. The summed E-state index contributed by atoms with van der Waals surface area (Å²) in [6.45, 7) is 5.10. The summed E-state index contributed by atoms with van der Waals surface area (Å²) in [7, 11) is 0. The number of carbonyl (C=O) groups is 2. The lowest BCUT2D eigenvalue weighted by Gasteiger charge is -2.31. The van der Waals surface area contributed by atoms with Crippen LogP contribution in [0.15, 0.2) is 46.0 Å². The van der Waals surface area contributed by atoms with Crippen LogP contribution in [0.2, 0.25) is 0 Å². The van der Waals surface area contributed by atoms with Gasteiger partial charge in [0.1, 0.15) is 17.9 Å². The predicted molar refractivity (Wildman–Crippen MR) is 147 cm³/mol. The second-order valence-electron chi connectivity index (χ2n) is 11.1. The molecule has 1 aromatic carbocycles. The zero-order valence-electron chi connectivity index (χ0n) is 23.6. The van der Waals surface area contributed by atoms with E-state index in [9.17, 15) is 19.1 Å². The van der Waals surface area contributed by atoms with E-state index < -0.39 is 53.8 Å². The summed E-state index contributed by atoms with van der Waals surface area (Å²) in [5, 5.41) is 16.0. The molecule has 2 N–H and O–H groups in total. The summed E-state index contributed by atoms with van der Waals surface area (Å²) in [6, 6.07) is 1.33.